The van der Waals surface area contributed by atoms with Crippen molar-refractivity contribution in [3.63, 3.8) is 0 Å². The van der Waals surface area contributed by atoms with Crippen LogP contribution in [0.1, 0.15) is 29.5 Å². The van der Waals surface area contributed by atoms with E-state index in [2.05, 4.69) is 14.6 Å². The van der Waals surface area contributed by atoms with Gasteiger partial charge in [-0.1, -0.05) is 35.4 Å². The van der Waals surface area contributed by atoms with Crippen molar-refractivity contribution in [3.8, 4) is 0 Å². The Balaban J connectivity index is 1.42. The predicted molar refractivity (Wildman–Crippen MR) is 140 cm³/mol. The van der Waals surface area contributed by atoms with Gasteiger partial charge < -0.3 is 9.80 Å². The van der Waals surface area contributed by atoms with Crippen LogP contribution in [0, 0.1) is 25.1 Å². The maximum absolute atomic E-state index is 13.6. The van der Waals surface area contributed by atoms with Crippen molar-refractivity contribution in [3.05, 3.63) is 82.3 Å². The molecule has 1 aliphatic carbocycles. The molecule has 1 saturated heterocycles. The summed E-state index contributed by atoms with van der Waals surface area (Å²) in [5.74, 6) is 0.568. The van der Waals surface area contributed by atoms with E-state index in [4.69, 9.17) is 17.0 Å². The first kappa shape index (κ1) is 24.5. The topological polar surface area (TPSA) is 89.4 Å². The average Bonchev–Trinajstić information content (AvgIpc) is 3.58. The van der Waals surface area contributed by atoms with Crippen molar-refractivity contribution >= 4 is 39.0 Å². The fourth-order valence-corrected chi connectivity index (χ4v) is 6.19. The third-order valence-electron chi connectivity index (χ3n) is 6.89. The number of sulfonamides is 1. The number of halogens is 2. The zero-order chi connectivity index (χ0) is 25.7. The lowest BCUT2D eigenvalue weighted by Gasteiger charge is -2.44. The molecule has 2 fully saturated rings. The molecule has 1 saturated carbocycles. The minimum absolute atomic E-state index is 0.139. The van der Waals surface area contributed by atoms with Crippen molar-refractivity contribution in [2.45, 2.75) is 37.1 Å². The minimum atomic E-state index is -3.87. The summed E-state index contributed by atoms with van der Waals surface area (Å²) in [5.41, 5.74) is 2.07. The van der Waals surface area contributed by atoms with Crippen molar-refractivity contribution in [1.82, 2.24) is 9.88 Å². The van der Waals surface area contributed by atoms with Crippen molar-refractivity contribution < 1.29 is 12.8 Å². The summed E-state index contributed by atoms with van der Waals surface area (Å²) in [4.78, 5) is 8.60. The molecule has 0 unspecified atom stereocenters. The van der Waals surface area contributed by atoms with E-state index in [9.17, 15) is 12.8 Å². The zero-order valence-corrected chi connectivity index (χ0v) is 21.6. The Morgan fingerprint density at radius 3 is 2.53 bits per heavy atom. The number of piperazine rings is 1. The fourth-order valence-electron chi connectivity index (χ4n) is 4.85. The smallest absolute Gasteiger partial charge is 0.261 e. The van der Waals surface area contributed by atoms with Gasteiger partial charge in [-0.05, 0) is 62.6 Å². The lowest BCUT2D eigenvalue weighted by Crippen LogP contribution is -2.57. The van der Waals surface area contributed by atoms with Crippen LogP contribution in [0.3, 0.4) is 0 Å². The lowest BCUT2D eigenvalue weighted by atomic mass is 10.0. The molecular formula is C26H27ClFN5O2S. The second-order valence-corrected chi connectivity index (χ2v) is 11.6. The normalized spacial score (nSPS) is 16.8. The van der Waals surface area contributed by atoms with E-state index in [1.54, 1.807) is 42.5 Å². The van der Waals surface area contributed by atoms with Crippen LogP contribution in [-0.2, 0) is 10.0 Å². The Labute approximate surface area is 215 Å². The molecule has 0 bridgehead atoms. The molecule has 1 spiro atoms. The van der Waals surface area contributed by atoms with Gasteiger partial charge in [-0.3, -0.25) is 10.1 Å². The van der Waals surface area contributed by atoms with Gasteiger partial charge >= 0.3 is 0 Å². The number of aryl methyl sites for hydroxylation is 2. The number of amidine groups is 1. The number of rotatable bonds is 5. The van der Waals surface area contributed by atoms with E-state index < -0.39 is 10.0 Å². The fraction of sp³-hybridized carbons (Fsp3) is 0.308. The Bertz CT molecular complexity index is 1440. The molecule has 10 heteroatoms. The molecule has 3 aromatic rings. The van der Waals surface area contributed by atoms with E-state index in [0.29, 0.717) is 30.2 Å². The number of nitrogens with one attached hydrogen (secondary N) is 2. The third kappa shape index (κ3) is 4.53. The van der Waals surface area contributed by atoms with Crippen LogP contribution in [0.2, 0.25) is 5.02 Å². The highest BCUT2D eigenvalue weighted by molar-refractivity contribution is 7.92. The molecule has 36 heavy (non-hydrogen) atoms. The molecule has 188 valence electrons. The molecule has 2 aliphatic rings. The van der Waals surface area contributed by atoms with Crippen LogP contribution < -0.4 is 9.62 Å². The molecule has 7 nitrogen and oxygen atoms in total. The van der Waals surface area contributed by atoms with Gasteiger partial charge in [0.05, 0.1) is 32.9 Å². The number of aromatic nitrogens is 1. The molecule has 0 amide bonds. The number of anilines is 2. The maximum atomic E-state index is 13.6. The third-order valence-corrected chi connectivity index (χ3v) is 8.59. The van der Waals surface area contributed by atoms with Gasteiger partial charge in [0.1, 0.15) is 17.5 Å². The van der Waals surface area contributed by atoms with Gasteiger partial charge in [0.15, 0.2) is 0 Å². The lowest BCUT2D eigenvalue weighted by molar-refractivity contribution is 0.258. The number of hydrogen-bond acceptors (Lipinski definition) is 5. The number of nitrogens with zero attached hydrogens (tertiary/aromatic N) is 3. The van der Waals surface area contributed by atoms with Gasteiger partial charge in [0, 0.05) is 19.6 Å². The summed E-state index contributed by atoms with van der Waals surface area (Å²) in [7, 11) is -3.87. The molecule has 0 radical (unpaired) electrons. The Morgan fingerprint density at radius 1 is 1.14 bits per heavy atom. The van der Waals surface area contributed by atoms with E-state index >= 15 is 0 Å². The van der Waals surface area contributed by atoms with Crippen molar-refractivity contribution in [2.24, 2.45) is 0 Å². The minimum Gasteiger partial charge on any atom is -0.352 e. The second-order valence-electron chi connectivity index (χ2n) is 9.52. The van der Waals surface area contributed by atoms with Crippen LogP contribution in [-0.4, -0.2) is 49.3 Å². The number of hydrogen-bond donors (Lipinski definition) is 2. The summed E-state index contributed by atoms with van der Waals surface area (Å²) in [6, 6.07) is 13.0. The van der Waals surface area contributed by atoms with Crippen LogP contribution >= 0.6 is 11.6 Å². The Kier molecular flexibility index (Phi) is 6.16. The van der Waals surface area contributed by atoms with Gasteiger partial charge in [-0.15, -0.1) is 0 Å². The molecular weight excluding hydrogens is 501 g/mol. The molecule has 2 N–H and O–H groups in total. The number of pyridine rings is 1. The second kappa shape index (κ2) is 9.05. The molecule has 5 rings (SSSR count). The van der Waals surface area contributed by atoms with Crippen LogP contribution in [0.25, 0.3) is 0 Å². The average molecular weight is 528 g/mol. The molecule has 1 aromatic heterocycles. The predicted octanol–water partition coefficient (Wildman–Crippen LogP) is 4.97. The first-order valence-electron chi connectivity index (χ1n) is 11.7. The Hall–Kier alpha value is -3.17. The molecule has 2 aromatic carbocycles. The van der Waals surface area contributed by atoms with Crippen molar-refractivity contribution in [1.29, 1.82) is 5.41 Å². The monoisotopic (exact) mass is 527 g/mol. The summed E-state index contributed by atoms with van der Waals surface area (Å²) < 4.78 is 42.4. The van der Waals surface area contributed by atoms with Gasteiger partial charge in [0.2, 0.25) is 0 Å². The maximum Gasteiger partial charge on any atom is 0.261 e. The number of benzene rings is 2. The summed E-state index contributed by atoms with van der Waals surface area (Å²) in [5, 5.41) is 9.41. The summed E-state index contributed by atoms with van der Waals surface area (Å²) >= 11 is 6.55. The highest BCUT2D eigenvalue weighted by atomic mass is 35.5. The van der Waals surface area contributed by atoms with E-state index in [1.165, 1.54) is 12.3 Å². The van der Waals surface area contributed by atoms with Crippen LogP contribution in [0.4, 0.5) is 15.9 Å². The molecule has 0 atom stereocenters. The summed E-state index contributed by atoms with van der Waals surface area (Å²) in [6.45, 7) is 5.51. The Morgan fingerprint density at radius 2 is 1.86 bits per heavy atom. The first-order valence-corrected chi connectivity index (χ1v) is 13.6. The highest BCUT2D eigenvalue weighted by Gasteiger charge is 2.53. The van der Waals surface area contributed by atoms with Crippen LogP contribution in [0.5, 0.6) is 0 Å². The molecule has 1 aliphatic heterocycles. The van der Waals surface area contributed by atoms with Gasteiger partial charge in [-0.25, -0.2) is 17.8 Å². The van der Waals surface area contributed by atoms with Gasteiger partial charge in [-0.2, -0.15) is 0 Å². The quantitative estimate of drug-likeness (QED) is 0.361. The van der Waals surface area contributed by atoms with E-state index in [1.807, 2.05) is 18.7 Å². The van der Waals surface area contributed by atoms with Crippen molar-refractivity contribution in [2.75, 3.05) is 29.3 Å². The zero-order valence-electron chi connectivity index (χ0n) is 20.1. The SMILES string of the molecule is Cc1ccc(S(=O)(=O)Nc2cccc(Cl)c2C(=N)N2CCN(c3ncc(F)cc3C)CC23CC3)cc1. The largest absolute Gasteiger partial charge is 0.352 e. The summed E-state index contributed by atoms with van der Waals surface area (Å²) in [6.07, 6.45) is 3.01. The standard InChI is InChI=1S/C26H27ClFN5O2S/c1-17-6-8-20(9-7-17)36(34,35)31-22-5-3-4-21(27)23(22)24(29)33-13-12-32(16-26(33)10-11-26)25-18(2)14-19(28)15-30-25/h3-9,14-15,29,31H,10-13,16H2,1-2H3. The highest BCUT2D eigenvalue weighted by Crippen LogP contribution is 2.46. The molecule has 2 heterocycles. The van der Waals surface area contributed by atoms with Gasteiger partial charge in [0.25, 0.3) is 10.0 Å². The first-order chi connectivity index (χ1) is 17.1. The van der Waals surface area contributed by atoms with Crippen LogP contribution in [0.15, 0.2) is 59.6 Å². The van der Waals surface area contributed by atoms with E-state index in [-0.39, 0.29) is 27.8 Å². The van der Waals surface area contributed by atoms with E-state index in [0.717, 1.165) is 29.8 Å².